The molecular formula is C12H26N2O. The molecule has 0 aromatic heterocycles. The number of nitrogens with two attached hydrogens (primary N) is 1. The van der Waals surface area contributed by atoms with Gasteiger partial charge in [-0.05, 0) is 58.7 Å². The summed E-state index contributed by atoms with van der Waals surface area (Å²) < 4.78 is 5.46. The second-order valence-corrected chi connectivity index (χ2v) is 4.57. The second-order valence-electron chi connectivity index (χ2n) is 4.57. The van der Waals surface area contributed by atoms with Gasteiger partial charge in [-0.2, -0.15) is 0 Å². The molecule has 2 N–H and O–H groups in total. The van der Waals surface area contributed by atoms with Gasteiger partial charge in [-0.25, -0.2) is 0 Å². The Morgan fingerprint density at radius 3 is 2.60 bits per heavy atom. The molecule has 15 heavy (non-hydrogen) atoms. The lowest BCUT2D eigenvalue weighted by molar-refractivity contribution is 0.0541. The van der Waals surface area contributed by atoms with Gasteiger partial charge in [0.25, 0.3) is 0 Å². The van der Waals surface area contributed by atoms with Crippen LogP contribution in [0.4, 0.5) is 0 Å². The number of nitrogens with zero attached hydrogens (tertiary/aromatic N) is 1. The molecule has 0 aromatic carbocycles. The Morgan fingerprint density at radius 2 is 2.07 bits per heavy atom. The molecule has 90 valence electrons. The average Bonchev–Trinajstić information content (AvgIpc) is 2.27. The van der Waals surface area contributed by atoms with Crippen molar-refractivity contribution in [1.29, 1.82) is 0 Å². The lowest BCUT2D eigenvalue weighted by atomic mass is 9.93. The molecule has 1 fully saturated rings. The van der Waals surface area contributed by atoms with Crippen LogP contribution in [0.5, 0.6) is 0 Å². The molecule has 1 aliphatic rings. The van der Waals surface area contributed by atoms with Crippen LogP contribution in [0.15, 0.2) is 0 Å². The van der Waals surface area contributed by atoms with E-state index in [1.54, 1.807) is 0 Å². The summed E-state index contributed by atoms with van der Waals surface area (Å²) in [6.45, 7) is 9.31. The SMILES string of the molecule is CCOCC(C)N1CCC(CCN)CC1. The standard InChI is InChI=1S/C12H26N2O/c1-3-15-10-11(2)14-8-5-12(4-7-13)6-9-14/h11-12H,3-10,13H2,1-2H3. The highest BCUT2D eigenvalue weighted by molar-refractivity contribution is 4.76. The van der Waals surface area contributed by atoms with Gasteiger partial charge in [-0.15, -0.1) is 0 Å². The minimum absolute atomic E-state index is 0.573. The third kappa shape index (κ3) is 4.49. The third-order valence-corrected chi connectivity index (χ3v) is 3.41. The van der Waals surface area contributed by atoms with Gasteiger partial charge in [-0.1, -0.05) is 0 Å². The number of piperidine rings is 1. The summed E-state index contributed by atoms with van der Waals surface area (Å²) in [5, 5.41) is 0. The number of ether oxygens (including phenoxy) is 1. The van der Waals surface area contributed by atoms with E-state index in [0.717, 1.165) is 25.7 Å². The number of hydrogen-bond acceptors (Lipinski definition) is 3. The summed E-state index contributed by atoms with van der Waals surface area (Å²) in [5.74, 6) is 0.866. The topological polar surface area (TPSA) is 38.5 Å². The predicted octanol–water partition coefficient (Wildman–Crippen LogP) is 1.47. The highest BCUT2D eigenvalue weighted by Crippen LogP contribution is 2.21. The number of hydrogen-bond donors (Lipinski definition) is 1. The fraction of sp³-hybridized carbons (Fsp3) is 1.00. The van der Waals surface area contributed by atoms with E-state index in [0.29, 0.717) is 6.04 Å². The molecule has 0 aliphatic carbocycles. The molecule has 1 aliphatic heterocycles. The molecule has 1 atom stereocenters. The first-order valence-electron chi connectivity index (χ1n) is 6.29. The van der Waals surface area contributed by atoms with Crippen LogP contribution in [0.25, 0.3) is 0 Å². The Bertz CT molecular complexity index is 156. The van der Waals surface area contributed by atoms with E-state index in [1.807, 2.05) is 0 Å². The van der Waals surface area contributed by atoms with Crippen LogP contribution in [0, 0.1) is 5.92 Å². The smallest absolute Gasteiger partial charge is 0.0618 e. The van der Waals surface area contributed by atoms with Gasteiger partial charge in [0.2, 0.25) is 0 Å². The average molecular weight is 214 g/mol. The summed E-state index contributed by atoms with van der Waals surface area (Å²) in [7, 11) is 0. The summed E-state index contributed by atoms with van der Waals surface area (Å²) >= 11 is 0. The zero-order valence-electron chi connectivity index (χ0n) is 10.2. The maximum absolute atomic E-state index is 5.59. The molecule has 1 rings (SSSR count). The normalized spacial score (nSPS) is 21.8. The van der Waals surface area contributed by atoms with Crippen LogP contribution in [-0.2, 0) is 4.74 Å². The molecule has 0 aromatic rings. The molecule has 0 radical (unpaired) electrons. The van der Waals surface area contributed by atoms with E-state index in [-0.39, 0.29) is 0 Å². The molecule has 1 unspecified atom stereocenters. The first-order valence-corrected chi connectivity index (χ1v) is 6.29. The van der Waals surface area contributed by atoms with Crippen LogP contribution < -0.4 is 5.73 Å². The Morgan fingerprint density at radius 1 is 1.40 bits per heavy atom. The number of likely N-dealkylation sites (tertiary alicyclic amines) is 1. The molecule has 3 heteroatoms. The van der Waals surface area contributed by atoms with E-state index in [9.17, 15) is 0 Å². The van der Waals surface area contributed by atoms with Gasteiger partial charge in [0.05, 0.1) is 6.61 Å². The minimum Gasteiger partial charge on any atom is -0.380 e. The van der Waals surface area contributed by atoms with Crippen molar-refractivity contribution in [3.05, 3.63) is 0 Å². The van der Waals surface area contributed by atoms with Crippen molar-refractivity contribution in [3.8, 4) is 0 Å². The van der Waals surface area contributed by atoms with Crippen LogP contribution in [-0.4, -0.2) is 43.8 Å². The number of rotatable bonds is 6. The van der Waals surface area contributed by atoms with Gasteiger partial charge >= 0.3 is 0 Å². The van der Waals surface area contributed by atoms with Gasteiger partial charge in [0.15, 0.2) is 0 Å². The van der Waals surface area contributed by atoms with Gasteiger partial charge < -0.3 is 10.5 Å². The molecule has 1 heterocycles. The van der Waals surface area contributed by atoms with E-state index < -0.39 is 0 Å². The van der Waals surface area contributed by atoms with Crippen molar-refractivity contribution in [1.82, 2.24) is 4.90 Å². The van der Waals surface area contributed by atoms with Gasteiger partial charge in [0, 0.05) is 12.6 Å². The maximum atomic E-state index is 5.59. The van der Waals surface area contributed by atoms with Crippen molar-refractivity contribution < 1.29 is 4.74 Å². The summed E-state index contributed by atoms with van der Waals surface area (Å²) in [6, 6.07) is 0.573. The Hall–Kier alpha value is -0.120. The Labute approximate surface area is 94.0 Å². The van der Waals surface area contributed by atoms with E-state index in [1.165, 1.54) is 32.4 Å². The van der Waals surface area contributed by atoms with Gasteiger partial charge in [0.1, 0.15) is 0 Å². The molecule has 0 spiro atoms. The molecule has 0 saturated carbocycles. The molecule has 3 nitrogen and oxygen atoms in total. The van der Waals surface area contributed by atoms with Crippen LogP contribution in [0.2, 0.25) is 0 Å². The fourth-order valence-corrected chi connectivity index (χ4v) is 2.31. The van der Waals surface area contributed by atoms with E-state index in [4.69, 9.17) is 10.5 Å². The summed E-state index contributed by atoms with van der Waals surface area (Å²) in [6.07, 6.45) is 3.83. The highest BCUT2D eigenvalue weighted by atomic mass is 16.5. The van der Waals surface area contributed by atoms with Crippen LogP contribution >= 0.6 is 0 Å². The highest BCUT2D eigenvalue weighted by Gasteiger charge is 2.21. The zero-order chi connectivity index (χ0) is 11.1. The lowest BCUT2D eigenvalue weighted by Crippen LogP contribution is -2.42. The van der Waals surface area contributed by atoms with Crippen molar-refractivity contribution >= 4 is 0 Å². The summed E-state index contributed by atoms with van der Waals surface area (Å²) in [4.78, 5) is 2.54. The monoisotopic (exact) mass is 214 g/mol. The van der Waals surface area contributed by atoms with Crippen LogP contribution in [0.3, 0.4) is 0 Å². The second kappa shape index (κ2) is 7.20. The molecule has 0 bridgehead atoms. The largest absolute Gasteiger partial charge is 0.380 e. The van der Waals surface area contributed by atoms with Gasteiger partial charge in [-0.3, -0.25) is 4.90 Å². The first-order chi connectivity index (χ1) is 7.27. The quantitative estimate of drug-likeness (QED) is 0.728. The Kier molecular flexibility index (Phi) is 6.22. The molecular weight excluding hydrogens is 188 g/mol. The van der Waals surface area contributed by atoms with Crippen molar-refractivity contribution in [2.45, 2.75) is 39.2 Å². The van der Waals surface area contributed by atoms with E-state index >= 15 is 0 Å². The fourth-order valence-electron chi connectivity index (χ4n) is 2.31. The van der Waals surface area contributed by atoms with Crippen molar-refractivity contribution in [2.75, 3.05) is 32.8 Å². The lowest BCUT2D eigenvalue weighted by Gasteiger charge is -2.35. The molecule has 1 saturated heterocycles. The Balaban J connectivity index is 2.18. The van der Waals surface area contributed by atoms with E-state index in [2.05, 4.69) is 18.7 Å². The van der Waals surface area contributed by atoms with Crippen molar-refractivity contribution in [3.63, 3.8) is 0 Å². The zero-order valence-corrected chi connectivity index (χ0v) is 10.2. The third-order valence-electron chi connectivity index (χ3n) is 3.41. The van der Waals surface area contributed by atoms with Crippen molar-refractivity contribution in [2.24, 2.45) is 11.7 Å². The van der Waals surface area contributed by atoms with Crippen LogP contribution in [0.1, 0.15) is 33.1 Å². The summed E-state index contributed by atoms with van der Waals surface area (Å²) in [5.41, 5.74) is 5.59. The minimum atomic E-state index is 0.573. The maximum Gasteiger partial charge on any atom is 0.0618 e. The predicted molar refractivity (Wildman–Crippen MR) is 63.9 cm³/mol. The first kappa shape index (κ1) is 12.9. The molecule has 0 amide bonds.